The minimum atomic E-state index is -0.266. The topological polar surface area (TPSA) is 102 Å². The van der Waals surface area contributed by atoms with Crippen LogP contribution >= 0.6 is 0 Å². The van der Waals surface area contributed by atoms with Crippen molar-refractivity contribution in [2.45, 2.75) is 19.8 Å². The molecule has 0 aliphatic carbocycles. The molecule has 0 saturated carbocycles. The summed E-state index contributed by atoms with van der Waals surface area (Å²) in [5, 5.41) is 2.79. The molecule has 1 saturated heterocycles. The maximum absolute atomic E-state index is 12.7. The first kappa shape index (κ1) is 20.4. The van der Waals surface area contributed by atoms with Gasteiger partial charge >= 0.3 is 5.97 Å². The average molecular weight is 395 g/mol. The lowest BCUT2D eigenvalue weighted by molar-refractivity contribution is -0.149. The first-order chi connectivity index (χ1) is 14.0. The summed E-state index contributed by atoms with van der Waals surface area (Å²) in [5.74, 6) is -0.665. The number of benzene rings is 2. The van der Waals surface area contributed by atoms with Crippen LogP contribution in [0.3, 0.4) is 0 Å². The van der Waals surface area contributed by atoms with Crippen LogP contribution in [-0.2, 0) is 9.53 Å². The van der Waals surface area contributed by atoms with Crippen molar-refractivity contribution in [3.63, 3.8) is 0 Å². The molecule has 0 radical (unpaired) electrons. The second-order valence-corrected chi connectivity index (χ2v) is 6.98. The number of nitrogens with one attached hydrogen (secondary N) is 1. The fourth-order valence-electron chi connectivity index (χ4n) is 3.34. The Labute approximate surface area is 169 Å². The van der Waals surface area contributed by atoms with Gasteiger partial charge in [0.2, 0.25) is 0 Å². The Hall–Kier alpha value is -3.35. The number of nitrogens with two attached hydrogens (primary N) is 1. The summed E-state index contributed by atoms with van der Waals surface area (Å²) >= 11 is 0. The normalized spacial score (nSPS) is 14.3. The zero-order chi connectivity index (χ0) is 20.8. The number of carbonyl (C=O) groups excluding carboxylic acids is 3. The Balaban J connectivity index is 1.57. The van der Waals surface area contributed by atoms with E-state index >= 15 is 0 Å². The van der Waals surface area contributed by atoms with Crippen molar-refractivity contribution >= 4 is 29.2 Å². The molecule has 0 aromatic heterocycles. The van der Waals surface area contributed by atoms with Crippen LogP contribution in [0.5, 0.6) is 0 Å². The molecule has 29 heavy (non-hydrogen) atoms. The lowest BCUT2D eigenvalue weighted by Crippen LogP contribution is -2.40. The molecule has 2 aromatic rings. The number of likely N-dealkylation sites (tertiary alicyclic amines) is 1. The Bertz CT molecular complexity index is 887. The Morgan fingerprint density at radius 2 is 1.76 bits per heavy atom. The number of hydrogen-bond acceptors (Lipinski definition) is 5. The van der Waals surface area contributed by atoms with Crippen LogP contribution in [0.25, 0.3) is 0 Å². The van der Waals surface area contributed by atoms with Crippen LogP contribution in [0, 0.1) is 5.92 Å². The smallest absolute Gasteiger partial charge is 0.309 e. The van der Waals surface area contributed by atoms with Crippen LogP contribution in [0.15, 0.2) is 48.5 Å². The van der Waals surface area contributed by atoms with Gasteiger partial charge in [-0.2, -0.15) is 0 Å². The van der Waals surface area contributed by atoms with Gasteiger partial charge in [-0.1, -0.05) is 6.07 Å². The van der Waals surface area contributed by atoms with E-state index in [2.05, 4.69) is 5.32 Å². The third-order valence-electron chi connectivity index (χ3n) is 4.94. The van der Waals surface area contributed by atoms with Crippen molar-refractivity contribution in [3.05, 3.63) is 59.7 Å². The molecule has 1 aliphatic heterocycles. The number of anilines is 2. The highest BCUT2D eigenvalue weighted by atomic mass is 16.5. The first-order valence-electron chi connectivity index (χ1n) is 9.70. The zero-order valence-electron chi connectivity index (χ0n) is 16.4. The number of rotatable bonds is 5. The highest BCUT2D eigenvalue weighted by Crippen LogP contribution is 2.21. The molecule has 3 N–H and O–H groups in total. The van der Waals surface area contributed by atoms with Crippen molar-refractivity contribution in [1.29, 1.82) is 0 Å². The van der Waals surface area contributed by atoms with Gasteiger partial charge in [-0.3, -0.25) is 14.4 Å². The predicted molar refractivity (Wildman–Crippen MR) is 111 cm³/mol. The maximum Gasteiger partial charge on any atom is 0.309 e. The Kier molecular flexibility index (Phi) is 6.49. The molecule has 152 valence electrons. The van der Waals surface area contributed by atoms with Gasteiger partial charge in [0.05, 0.1) is 12.5 Å². The third kappa shape index (κ3) is 5.13. The monoisotopic (exact) mass is 395 g/mol. The Morgan fingerprint density at radius 1 is 1.07 bits per heavy atom. The number of ether oxygens (including phenoxy) is 1. The highest BCUT2D eigenvalue weighted by Gasteiger charge is 2.28. The number of nitrogens with zero attached hydrogens (tertiary/aromatic N) is 1. The van der Waals surface area contributed by atoms with Crippen molar-refractivity contribution < 1.29 is 19.1 Å². The van der Waals surface area contributed by atoms with Crippen LogP contribution in [0.4, 0.5) is 11.4 Å². The van der Waals surface area contributed by atoms with Crippen molar-refractivity contribution in [2.75, 3.05) is 30.7 Å². The molecule has 1 heterocycles. The molecular weight excluding hydrogens is 370 g/mol. The molecule has 0 atom stereocenters. The third-order valence-corrected chi connectivity index (χ3v) is 4.94. The van der Waals surface area contributed by atoms with Gasteiger partial charge in [-0.15, -0.1) is 0 Å². The number of carbonyl (C=O) groups is 3. The van der Waals surface area contributed by atoms with E-state index < -0.39 is 0 Å². The summed E-state index contributed by atoms with van der Waals surface area (Å²) < 4.78 is 5.06. The second-order valence-electron chi connectivity index (χ2n) is 6.98. The van der Waals surface area contributed by atoms with E-state index in [1.54, 1.807) is 60.4 Å². The first-order valence-corrected chi connectivity index (χ1v) is 9.70. The summed E-state index contributed by atoms with van der Waals surface area (Å²) in [6.45, 7) is 3.21. The summed E-state index contributed by atoms with van der Waals surface area (Å²) in [4.78, 5) is 38.6. The molecule has 7 nitrogen and oxygen atoms in total. The van der Waals surface area contributed by atoms with Gasteiger partial charge in [0.1, 0.15) is 0 Å². The molecule has 2 amide bonds. The summed E-state index contributed by atoms with van der Waals surface area (Å²) in [6.07, 6.45) is 1.22. The largest absolute Gasteiger partial charge is 0.466 e. The number of nitrogen functional groups attached to an aromatic ring is 1. The molecule has 7 heteroatoms. The van der Waals surface area contributed by atoms with Gasteiger partial charge in [0.25, 0.3) is 11.8 Å². The fraction of sp³-hybridized carbons (Fsp3) is 0.318. The lowest BCUT2D eigenvalue weighted by atomic mass is 9.96. The molecule has 0 bridgehead atoms. The van der Waals surface area contributed by atoms with E-state index in [-0.39, 0.29) is 23.7 Å². The zero-order valence-corrected chi connectivity index (χ0v) is 16.4. The van der Waals surface area contributed by atoms with Gasteiger partial charge in [0.15, 0.2) is 0 Å². The van der Waals surface area contributed by atoms with Crippen LogP contribution in [0.2, 0.25) is 0 Å². The minimum absolute atomic E-state index is 0.0824. The molecule has 0 spiro atoms. The van der Waals surface area contributed by atoms with E-state index in [4.69, 9.17) is 10.5 Å². The van der Waals surface area contributed by atoms with Crippen LogP contribution < -0.4 is 11.1 Å². The molecule has 1 fully saturated rings. The Morgan fingerprint density at radius 3 is 2.38 bits per heavy atom. The van der Waals surface area contributed by atoms with E-state index in [0.29, 0.717) is 55.0 Å². The van der Waals surface area contributed by atoms with E-state index in [9.17, 15) is 14.4 Å². The van der Waals surface area contributed by atoms with Crippen molar-refractivity contribution in [1.82, 2.24) is 4.90 Å². The predicted octanol–water partition coefficient (Wildman–Crippen LogP) is 2.94. The summed E-state index contributed by atoms with van der Waals surface area (Å²) in [6, 6.07) is 13.5. The van der Waals surface area contributed by atoms with Crippen molar-refractivity contribution in [2.24, 2.45) is 5.92 Å². The number of piperidine rings is 1. The molecule has 1 aliphatic rings. The van der Waals surface area contributed by atoms with E-state index in [0.717, 1.165) is 0 Å². The molecule has 3 rings (SSSR count). The number of esters is 1. The number of amides is 2. The van der Waals surface area contributed by atoms with Crippen LogP contribution in [0.1, 0.15) is 40.5 Å². The summed E-state index contributed by atoms with van der Waals surface area (Å²) in [7, 11) is 0. The summed E-state index contributed by atoms with van der Waals surface area (Å²) in [5.41, 5.74) is 7.83. The average Bonchev–Trinajstić information content (AvgIpc) is 2.74. The molecular formula is C22H25N3O4. The second kappa shape index (κ2) is 9.23. The fourth-order valence-corrected chi connectivity index (χ4v) is 3.34. The standard InChI is InChI=1S/C22H25N3O4/c1-2-29-22(28)16-10-12-25(13-11-16)21(27)15-6-8-19(9-7-15)24-20(26)17-4-3-5-18(23)14-17/h3-9,14,16H,2,10-13,23H2,1H3,(H,24,26). The maximum atomic E-state index is 12.7. The lowest BCUT2D eigenvalue weighted by Gasteiger charge is -2.31. The van der Waals surface area contributed by atoms with Gasteiger partial charge < -0.3 is 20.7 Å². The van der Waals surface area contributed by atoms with Gasteiger partial charge in [0, 0.05) is 35.6 Å². The highest BCUT2D eigenvalue weighted by molar-refractivity contribution is 6.05. The molecule has 2 aromatic carbocycles. The van der Waals surface area contributed by atoms with Gasteiger partial charge in [-0.25, -0.2) is 0 Å². The minimum Gasteiger partial charge on any atom is -0.466 e. The van der Waals surface area contributed by atoms with Crippen molar-refractivity contribution in [3.8, 4) is 0 Å². The van der Waals surface area contributed by atoms with Crippen LogP contribution in [-0.4, -0.2) is 42.4 Å². The SMILES string of the molecule is CCOC(=O)C1CCN(C(=O)c2ccc(NC(=O)c3cccc(N)c3)cc2)CC1. The molecule has 0 unspecified atom stereocenters. The quantitative estimate of drug-likeness (QED) is 0.599. The van der Waals surface area contributed by atoms with E-state index in [1.165, 1.54) is 0 Å². The van der Waals surface area contributed by atoms with E-state index in [1.807, 2.05) is 0 Å². The number of hydrogen-bond donors (Lipinski definition) is 2. The van der Waals surface area contributed by atoms with Gasteiger partial charge in [-0.05, 0) is 62.2 Å².